The Morgan fingerprint density at radius 2 is 1.83 bits per heavy atom. The molecule has 1 fully saturated rings. The average molecular weight is 397 g/mol. The molecule has 0 bridgehead atoms. The van der Waals surface area contributed by atoms with Crippen molar-refractivity contribution in [3.05, 3.63) is 59.2 Å². The van der Waals surface area contributed by atoms with Crippen molar-refractivity contribution in [3.63, 3.8) is 0 Å². The van der Waals surface area contributed by atoms with E-state index in [0.29, 0.717) is 12.6 Å². The molecule has 5 nitrogen and oxygen atoms in total. The third kappa shape index (κ3) is 6.23. The molecule has 1 amide bonds. The second kappa shape index (κ2) is 9.79. The average Bonchev–Trinajstić information content (AvgIpc) is 2.71. The maximum absolute atomic E-state index is 12.4. The molecule has 1 heterocycles. The third-order valence-electron chi connectivity index (χ3n) is 5.38. The summed E-state index contributed by atoms with van der Waals surface area (Å²) >= 11 is 0. The van der Waals surface area contributed by atoms with E-state index < -0.39 is 6.10 Å². The molecule has 1 atom stereocenters. The van der Waals surface area contributed by atoms with Crippen molar-refractivity contribution in [1.29, 1.82) is 0 Å². The van der Waals surface area contributed by atoms with E-state index in [-0.39, 0.29) is 5.91 Å². The number of hydrogen-bond acceptors (Lipinski definition) is 4. The first-order valence-corrected chi connectivity index (χ1v) is 10.4. The molecule has 0 spiro atoms. The Bertz CT molecular complexity index is 811. The summed E-state index contributed by atoms with van der Waals surface area (Å²) in [4.78, 5) is 14.7. The highest BCUT2D eigenvalue weighted by molar-refractivity contribution is 5.80. The van der Waals surface area contributed by atoms with Gasteiger partial charge >= 0.3 is 0 Å². The van der Waals surface area contributed by atoms with Crippen LogP contribution >= 0.6 is 0 Å². The summed E-state index contributed by atoms with van der Waals surface area (Å²) in [6.45, 7) is 8.39. The molecule has 1 saturated heterocycles. The summed E-state index contributed by atoms with van der Waals surface area (Å²) in [5.41, 5.74) is 3.17. The summed E-state index contributed by atoms with van der Waals surface area (Å²) in [6.07, 6.45) is 1.86. The lowest BCUT2D eigenvalue weighted by molar-refractivity contribution is -0.127. The van der Waals surface area contributed by atoms with Crippen LogP contribution in [0.15, 0.2) is 42.5 Å². The maximum atomic E-state index is 12.4. The molecular weight excluding hydrogens is 364 g/mol. The van der Waals surface area contributed by atoms with Gasteiger partial charge in [0, 0.05) is 19.6 Å². The third-order valence-corrected chi connectivity index (χ3v) is 5.38. The first-order chi connectivity index (χ1) is 13.9. The Balaban J connectivity index is 1.46. The predicted molar refractivity (Wildman–Crippen MR) is 115 cm³/mol. The van der Waals surface area contributed by atoms with Crippen LogP contribution in [-0.2, 0) is 11.3 Å². The molecular formula is C24H32N2O3. The van der Waals surface area contributed by atoms with Gasteiger partial charge in [0.25, 0.3) is 5.91 Å². The fourth-order valence-electron chi connectivity index (χ4n) is 3.39. The van der Waals surface area contributed by atoms with Crippen molar-refractivity contribution in [2.24, 2.45) is 0 Å². The van der Waals surface area contributed by atoms with Gasteiger partial charge in [0.05, 0.1) is 0 Å². The van der Waals surface area contributed by atoms with Gasteiger partial charge in [-0.05, 0) is 75.5 Å². The molecule has 0 unspecified atom stereocenters. The van der Waals surface area contributed by atoms with Crippen LogP contribution in [-0.4, -0.2) is 43.2 Å². The predicted octanol–water partition coefficient (Wildman–Crippen LogP) is 3.86. The fourth-order valence-corrected chi connectivity index (χ4v) is 3.39. The minimum atomic E-state index is -0.553. The monoisotopic (exact) mass is 396 g/mol. The van der Waals surface area contributed by atoms with Crippen LogP contribution < -0.4 is 14.8 Å². The van der Waals surface area contributed by atoms with Crippen molar-refractivity contribution in [1.82, 2.24) is 10.2 Å². The Labute approximate surface area is 174 Å². The molecule has 1 aliphatic heterocycles. The minimum Gasteiger partial charge on any atom is -0.490 e. The van der Waals surface area contributed by atoms with E-state index in [4.69, 9.17) is 9.47 Å². The Hall–Kier alpha value is -2.53. The number of nitrogens with one attached hydrogen (secondary N) is 1. The van der Waals surface area contributed by atoms with Gasteiger partial charge < -0.3 is 19.7 Å². The zero-order valence-electron chi connectivity index (χ0n) is 17.9. The lowest BCUT2D eigenvalue weighted by Crippen LogP contribution is -2.36. The molecule has 29 heavy (non-hydrogen) atoms. The van der Waals surface area contributed by atoms with Gasteiger partial charge in [-0.25, -0.2) is 0 Å². The number of rotatable bonds is 7. The van der Waals surface area contributed by atoms with Crippen molar-refractivity contribution in [3.8, 4) is 11.5 Å². The number of carbonyl (C=O) groups excluding carboxylic acids is 1. The molecule has 0 radical (unpaired) electrons. The van der Waals surface area contributed by atoms with Crippen LogP contribution in [0.1, 0.15) is 36.5 Å². The van der Waals surface area contributed by atoms with Gasteiger partial charge in [0.1, 0.15) is 17.6 Å². The van der Waals surface area contributed by atoms with E-state index in [1.54, 1.807) is 6.92 Å². The quantitative estimate of drug-likeness (QED) is 0.772. The number of benzene rings is 2. The first-order valence-electron chi connectivity index (χ1n) is 10.4. The summed E-state index contributed by atoms with van der Waals surface area (Å²) in [7, 11) is 2.15. The number of piperidine rings is 1. The molecule has 0 saturated carbocycles. The lowest BCUT2D eigenvalue weighted by Gasteiger charge is -2.29. The van der Waals surface area contributed by atoms with Gasteiger partial charge in [0.15, 0.2) is 6.10 Å². The SMILES string of the molecule is Cc1ccc(C)c(O[C@H](C)C(=O)NCc2ccc(OC3CCN(C)CC3)cc2)c1. The van der Waals surface area contributed by atoms with Crippen molar-refractivity contribution < 1.29 is 14.3 Å². The first kappa shape index (κ1) is 21.2. The van der Waals surface area contributed by atoms with Crippen molar-refractivity contribution >= 4 is 5.91 Å². The van der Waals surface area contributed by atoms with Gasteiger partial charge in [-0.2, -0.15) is 0 Å². The Morgan fingerprint density at radius 1 is 1.14 bits per heavy atom. The van der Waals surface area contributed by atoms with Gasteiger partial charge in [-0.15, -0.1) is 0 Å². The van der Waals surface area contributed by atoms with Crippen LogP contribution in [0.2, 0.25) is 0 Å². The lowest BCUT2D eigenvalue weighted by atomic mass is 10.1. The van der Waals surface area contributed by atoms with Crippen LogP contribution in [0.4, 0.5) is 0 Å². The number of hydrogen-bond donors (Lipinski definition) is 1. The number of ether oxygens (including phenoxy) is 2. The Kier molecular flexibility index (Phi) is 7.15. The van der Waals surface area contributed by atoms with Gasteiger partial charge in [0.2, 0.25) is 0 Å². The van der Waals surface area contributed by atoms with E-state index in [0.717, 1.165) is 54.1 Å². The molecule has 3 rings (SSSR count). The molecule has 2 aromatic rings. The van der Waals surface area contributed by atoms with Crippen LogP contribution in [0.3, 0.4) is 0 Å². The smallest absolute Gasteiger partial charge is 0.261 e. The Morgan fingerprint density at radius 3 is 2.52 bits per heavy atom. The molecule has 156 valence electrons. The highest BCUT2D eigenvalue weighted by atomic mass is 16.5. The molecule has 0 aliphatic carbocycles. The van der Waals surface area contributed by atoms with Crippen LogP contribution in [0.25, 0.3) is 0 Å². The standard InChI is InChI=1S/C24H32N2O3/c1-17-5-6-18(2)23(15-17)28-19(3)24(27)25-16-20-7-9-21(10-8-20)29-22-11-13-26(4)14-12-22/h5-10,15,19,22H,11-14,16H2,1-4H3,(H,25,27)/t19-/m1/s1. The largest absolute Gasteiger partial charge is 0.490 e. The van der Waals surface area contributed by atoms with Crippen LogP contribution in [0.5, 0.6) is 11.5 Å². The second-order valence-electron chi connectivity index (χ2n) is 8.01. The summed E-state index contributed by atoms with van der Waals surface area (Å²) in [6, 6.07) is 14.0. The highest BCUT2D eigenvalue weighted by Gasteiger charge is 2.18. The normalized spacial score (nSPS) is 16.3. The zero-order chi connectivity index (χ0) is 20.8. The zero-order valence-corrected chi connectivity index (χ0v) is 17.9. The highest BCUT2D eigenvalue weighted by Crippen LogP contribution is 2.21. The van der Waals surface area contributed by atoms with Crippen molar-refractivity contribution in [2.45, 2.75) is 52.4 Å². The van der Waals surface area contributed by atoms with Crippen LogP contribution in [0, 0.1) is 13.8 Å². The van der Waals surface area contributed by atoms with E-state index in [1.807, 2.05) is 56.3 Å². The number of carbonyl (C=O) groups is 1. The molecule has 2 aromatic carbocycles. The maximum Gasteiger partial charge on any atom is 0.261 e. The number of nitrogens with zero attached hydrogens (tertiary/aromatic N) is 1. The molecule has 1 N–H and O–H groups in total. The summed E-state index contributed by atoms with van der Waals surface area (Å²) in [5, 5.41) is 2.95. The summed E-state index contributed by atoms with van der Waals surface area (Å²) < 4.78 is 11.9. The number of aryl methyl sites for hydroxylation is 2. The fraction of sp³-hybridized carbons (Fsp3) is 0.458. The van der Waals surface area contributed by atoms with E-state index >= 15 is 0 Å². The molecule has 0 aromatic heterocycles. The van der Waals surface area contributed by atoms with Crippen molar-refractivity contribution in [2.75, 3.05) is 20.1 Å². The summed E-state index contributed by atoms with van der Waals surface area (Å²) in [5.74, 6) is 1.52. The van der Waals surface area contributed by atoms with E-state index in [2.05, 4.69) is 17.3 Å². The molecule has 5 heteroatoms. The second-order valence-corrected chi connectivity index (χ2v) is 8.01. The topological polar surface area (TPSA) is 50.8 Å². The van der Waals surface area contributed by atoms with E-state index in [1.165, 1.54) is 0 Å². The van der Waals surface area contributed by atoms with Gasteiger partial charge in [-0.1, -0.05) is 24.3 Å². The number of likely N-dealkylation sites (tertiary alicyclic amines) is 1. The minimum absolute atomic E-state index is 0.127. The van der Waals surface area contributed by atoms with E-state index in [9.17, 15) is 4.79 Å². The molecule has 1 aliphatic rings. The number of amides is 1. The van der Waals surface area contributed by atoms with Gasteiger partial charge in [-0.3, -0.25) is 4.79 Å².